The number of likely N-dealkylation sites (N-methyl/N-ethyl adjacent to an activating group) is 2. The lowest BCUT2D eigenvalue weighted by Gasteiger charge is -2.33. The summed E-state index contributed by atoms with van der Waals surface area (Å²) in [6.45, 7) is 8.90. The zero-order chi connectivity index (χ0) is 13.8. The first-order valence-electron chi connectivity index (χ1n) is 7.29. The van der Waals surface area contributed by atoms with Crippen molar-refractivity contribution in [3.63, 3.8) is 0 Å². The van der Waals surface area contributed by atoms with Gasteiger partial charge in [0.15, 0.2) is 0 Å². The van der Waals surface area contributed by atoms with Gasteiger partial charge in [0, 0.05) is 25.3 Å². The van der Waals surface area contributed by atoms with Crippen molar-refractivity contribution < 1.29 is 0 Å². The molecule has 1 fully saturated rings. The number of aryl methyl sites for hydroxylation is 2. The Bertz CT molecular complexity index is 416. The molecule has 0 bridgehead atoms. The summed E-state index contributed by atoms with van der Waals surface area (Å²) in [5.41, 5.74) is 4.14. The fourth-order valence-corrected chi connectivity index (χ4v) is 2.90. The van der Waals surface area contributed by atoms with Crippen molar-refractivity contribution in [2.45, 2.75) is 26.3 Å². The molecule has 0 spiro atoms. The molecule has 1 heterocycles. The van der Waals surface area contributed by atoms with E-state index in [-0.39, 0.29) is 0 Å². The lowest BCUT2D eigenvalue weighted by Crippen LogP contribution is -2.46. The second kappa shape index (κ2) is 6.40. The smallest absolute Gasteiger partial charge is 0.0541 e. The molecule has 2 rings (SSSR count). The summed E-state index contributed by atoms with van der Waals surface area (Å²) in [4.78, 5) is 5.02. The van der Waals surface area contributed by atoms with Crippen LogP contribution in [-0.2, 0) is 0 Å². The Morgan fingerprint density at radius 2 is 2.00 bits per heavy atom. The van der Waals surface area contributed by atoms with Crippen molar-refractivity contribution >= 4 is 5.69 Å². The Labute approximate surface area is 117 Å². The first-order chi connectivity index (χ1) is 9.11. The molecule has 1 N–H and O–H groups in total. The molecule has 106 valence electrons. The minimum atomic E-state index is 0.555. The fraction of sp³-hybridized carbons (Fsp3) is 0.625. The highest BCUT2D eigenvalue weighted by Gasteiger charge is 2.23. The number of benzene rings is 1. The predicted octanol–water partition coefficient (Wildman–Crippen LogP) is 2.03. The van der Waals surface area contributed by atoms with Crippen LogP contribution in [0.3, 0.4) is 0 Å². The standard InChI is InChI=1S/C16H27N3/c1-13-6-7-15(10-14(13)2)19-9-5-8-18(4)12-16(19)11-17-3/h6-7,10,16-17H,5,8-9,11-12H2,1-4H3. The van der Waals surface area contributed by atoms with Crippen molar-refractivity contribution in [2.24, 2.45) is 0 Å². The summed E-state index contributed by atoms with van der Waals surface area (Å²) in [5, 5.41) is 3.34. The van der Waals surface area contributed by atoms with E-state index in [4.69, 9.17) is 0 Å². The summed E-state index contributed by atoms with van der Waals surface area (Å²) in [6.07, 6.45) is 1.24. The van der Waals surface area contributed by atoms with Crippen LogP contribution in [0.2, 0.25) is 0 Å². The zero-order valence-electron chi connectivity index (χ0n) is 12.7. The lowest BCUT2D eigenvalue weighted by molar-refractivity contribution is 0.328. The van der Waals surface area contributed by atoms with E-state index in [1.807, 2.05) is 7.05 Å². The van der Waals surface area contributed by atoms with Gasteiger partial charge in [0.05, 0.1) is 6.04 Å². The number of rotatable bonds is 3. The topological polar surface area (TPSA) is 18.5 Å². The third-order valence-corrected chi connectivity index (χ3v) is 4.16. The van der Waals surface area contributed by atoms with Crippen LogP contribution in [0, 0.1) is 13.8 Å². The van der Waals surface area contributed by atoms with Gasteiger partial charge < -0.3 is 15.1 Å². The Kier molecular flexibility index (Phi) is 4.83. The first kappa shape index (κ1) is 14.4. The normalized spacial score (nSPS) is 21.5. The van der Waals surface area contributed by atoms with Gasteiger partial charge in [0.25, 0.3) is 0 Å². The molecule has 1 aromatic rings. The Morgan fingerprint density at radius 3 is 2.68 bits per heavy atom. The lowest BCUT2D eigenvalue weighted by atomic mass is 10.1. The van der Waals surface area contributed by atoms with Crippen LogP contribution in [0.4, 0.5) is 5.69 Å². The minimum Gasteiger partial charge on any atom is -0.366 e. The minimum absolute atomic E-state index is 0.555. The quantitative estimate of drug-likeness (QED) is 0.898. The molecule has 1 aliphatic heterocycles. The molecule has 0 aliphatic carbocycles. The summed E-state index contributed by atoms with van der Waals surface area (Å²) < 4.78 is 0. The highest BCUT2D eigenvalue weighted by molar-refractivity contribution is 5.51. The predicted molar refractivity (Wildman–Crippen MR) is 83.1 cm³/mol. The number of nitrogens with one attached hydrogen (secondary N) is 1. The second-order valence-corrected chi connectivity index (χ2v) is 5.79. The summed E-state index contributed by atoms with van der Waals surface area (Å²) in [7, 11) is 4.27. The highest BCUT2D eigenvalue weighted by Crippen LogP contribution is 2.23. The largest absolute Gasteiger partial charge is 0.366 e. The maximum Gasteiger partial charge on any atom is 0.0541 e. The molecule has 1 atom stereocenters. The third kappa shape index (κ3) is 3.48. The van der Waals surface area contributed by atoms with Crippen LogP contribution >= 0.6 is 0 Å². The maximum absolute atomic E-state index is 3.34. The van der Waals surface area contributed by atoms with Crippen LogP contribution in [0.15, 0.2) is 18.2 Å². The van der Waals surface area contributed by atoms with Crippen molar-refractivity contribution in [3.8, 4) is 0 Å². The average molecular weight is 261 g/mol. The van der Waals surface area contributed by atoms with Gasteiger partial charge in [-0.3, -0.25) is 0 Å². The van der Waals surface area contributed by atoms with E-state index in [0.717, 1.165) is 19.6 Å². The van der Waals surface area contributed by atoms with Crippen LogP contribution in [-0.4, -0.2) is 51.2 Å². The van der Waals surface area contributed by atoms with Crippen LogP contribution < -0.4 is 10.2 Å². The van der Waals surface area contributed by atoms with Crippen molar-refractivity contribution in [3.05, 3.63) is 29.3 Å². The van der Waals surface area contributed by atoms with Crippen molar-refractivity contribution in [1.29, 1.82) is 0 Å². The van der Waals surface area contributed by atoms with Gasteiger partial charge >= 0.3 is 0 Å². The molecule has 0 amide bonds. The van der Waals surface area contributed by atoms with E-state index in [1.54, 1.807) is 0 Å². The number of hydrogen-bond acceptors (Lipinski definition) is 3. The van der Waals surface area contributed by atoms with Gasteiger partial charge in [-0.2, -0.15) is 0 Å². The van der Waals surface area contributed by atoms with Crippen molar-refractivity contribution in [2.75, 3.05) is 45.2 Å². The van der Waals surface area contributed by atoms with Gasteiger partial charge in [0.2, 0.25) is 0 Å². The molecule has 0 aromatic heterocycles. The zero-order valence-corrected chi connectivity index (χ0v) is 12.7. The van der Waals surface area contributed by atoms with E-state index in [1.165, 1.54) is 29.8 Å². The maximum atomic E-state index is 3.34. The molecule has 0 saturated carbocycles. The molecular weight excluding hydrogens is 234 g/mol. The third-order valence-electron chi connectivity index (χ3n) is 4.16. The highest BCUT2D eigenvalue weighted by atomic mass is 15.2. The summed E-state index contributed by atoms with van der Waals surface area (Å²) in [5.74, 6) is 0. The molecule has 19 heavy (non-hydrogen) atoms. The molecule has 3 nitrogen and oxygen atoms in total. The molecule has 1 aromatic carbocycles. The first-order valence-corrected chi connectivity index (χ1v) is 7.29. The van der Waals surface area contributed by atoms with Gasteiger partial charge in [-0.05, 0) is 64.2 Å². The molecule has 1 unspecified atom stereocenters. The molecule has 1 saturated heterocycles. The Hall–Kier alpha value is -1.06. The molecule has 3 heteroatoms. The van der Waals surface area contributed by atoms with Crippen LogP contribution in [0.1, 0.15) is 17.5 Å². The van der Waals surface area contributed by atoms with E-state index in [0.29, 0.717) is 6.04 Å². The van der Waals surface area contributed by atoms with Gasteiger partial charge in [0.1, 0.15) is 0 Å². The van der Waals surface area contributed by atoms with Gasteiger partial charge in [-0.25, -0.2) is 0 Å². The Morgan fingerprint density at radius 1 is 1.21 bits per heavy atom. The number of hydrogen-bond donors (Lipinski definition) is 1. The molecule has 1 aliphatic rings. The SMILES string of the molecule is CNCC1CN(C)CCCN1c1ccc(C)c(C)c1. The van der Waals surface area contributed by atoms with E-state index < -0.39 is 0 Å². The van der Waals surface area contributed by atoms with E-state index in [9.17, 15) is 0 Å². The summed E-state index contributed by atoms with van der Waals surface area (Å²) >= 11 is 0. The van der Waals surface area contributed by atoms with Gasteiger partial charge in [-0.1, -0.05) is 6.07 Å². The molecule has 0 radical (unpaired) electrons. The van der Waals surface area contributed by atoms with E-state index in [2.05, 4.69) is 54.2 Å². The van der Waals surface area contributed by atoms with Crippen molar-refractivity contribution in [1.82, 2.24) is 10.2 Å². The Balaban J connectivity index is 2.24. The van der Waals surface area contributed by atoms with Gasteiger partial charge in [-0.15, -0.1) is 0 Å². The van der Waals surface area contributed by atoms with E-state index >= 15 is 0 Å². The number of anilines is 1. The number of nitrogens with zero attached hydrogens (tertiary/aromatic N) is 2. The monoisotopic (exact) mass is 261 g/mol. The second-order valence-electron chi connectivity index (χ2n) is 5.79. The van der Waals surface area contributed by atoms with Crippen LogP contribution in [0.5, 0.6) is 0 Å². The fourth-order valence-electron chi connectivity index (χ4n) is 2.90. The summed E-state index contributed by atoms with van der Waals surface area (Å²) in [6, 6.07) is 7.41. The molecular formula is C16H27N3. The average Bonchev–Trinajstić information content (AvgIpc) is 2.55. The van der Waals surface area contributed by atoms with Crippen LogP contribution in [0.25, 0.3) is 0 Å².